The lowest BCUT2D eigenvalue weighted by Gasteiger charge is -2.30. The highest BCUT2D eigenvalue weighted by atomic mass is 19.3. The van der Waals surface area contributed by atoms with E-state index < -0.39 is 28.3 Å². The van der Waals surface area contributed by atoms with Gasteiger partial charge in [-0.05, 0) is 82.5 Å². The van der Waals surface area contributed by atoms with Crippen LogP contribution in [0.15, 0.2) is 60.7 Å². The summed E-state index contributed by atoms with van der Waals surface area (Å²) in [5.41, 5.74) is -0.862. The quantitative estimate of drug-likeness (QED) is 0.276. The molecule has 1 aliphatic rings. The summed E-state index contributed by atoms with van der Waals surface area (Å²) in [6.45, 7) is 7.67. The van der Waals surface area contributed by atoms with Crippen LogP contribution in [0.5, 0.6) is 0 Å². The van der Waals surface area contributed by atoms with E-state index >= 15 is 4.39 Å². The van der Waals surface area contributed by atoms with Gasteiger partial charge in [0.2, 0.25) is 5.91 Å². The van der Waals surface area contributed by atoms with Gasteiger partial charge >= 0.3 is 5.92 Å². The average molecular weight is 563 g/mol. The zero-order valence-corrected chi connectivity index (χ0v) is 24.0. The van der Waals surface area contributed by atoms with E-state index in [9.17, 15) is 18.7 Å². The van der Waals surface area contributed by atoms with Gasteiger partial charge in [0.05, 0.1) is 16.5 Å². The van der Waals surface area contributed by atoms with Gasteiger partial charge < -0.3 is 14.9 Å². The third-order valence-corrected chi connectivity index (χ3v) is 7.89. The molecule has 214 valence electrons. The topological polar surface area (TPSA) is 69.6 Å². The van der Waals surface area contributed by atoms with E-state index in [1.54, 1.807) is 18.9 Å². The van der Waals surface area contributed by atoms with Gasteiger partial charge in [-0.2, -0.15) is 8.78 Å². The number of carbonyl (C=O) groups excluding carboxylic acids is 1. The lowest BCUT2D eigenvalue weighted by Crippen LogP contribution is -2.41. The van der Waals surface area contributed by atoms with Crippen LogP contribution in [0.1, 0.15) is 50.2 Å². The first-order valence-electron chi connectivity index (χ1n) is 13.5. The van der Waals surface area contributed by atoms with Crippen molar-refractivity contribution in [2.24, 2.45) is 0 Å². The summed E-state index contributed by atoms with van der Waals surface area (Å²) in [5, 5.41) is 10.7. The maximum Gasteiger partial charge on any atom is 0.303 e. The van der Waals surface area contributed by atoms with Crippen LogP contribution in [0, 0.1) is 12.7 Å². The number of fused-ring (bicyclic) bond motifs is 2. The summed E-state index contributed by atoms with van der Waals surface area (Å²) in [6, 6.07) is 17.1. The van der Waals surface area contributed by atoms with Crippen LogP contribution >= 0.6 is 0 Å². The number of hydrogen-bond acceptors (Lipinski definition) is 5. The fourth-order valence-electron chi connectivity index (χ4n) is 5.43. The van der Waals surface area contributed by atoms with Crippen LogP contribution < -0.4 is 9.80 Å². The summed E-state index contributed by atoms with van der Waals surface area (Å²) in [7, 11) is 1.75. The molecule has 1 amide bonds. The van der Waals surface area contributed by atoms with E-state index in [4.69, 9.17) is 4.98 Å². The van der Waals surface area contributed by atoms with Crippen LogP contribution in [-0.4, -0.2) is 40.2 Å². The summed E-state index contributed by atoms with van der Waals surface area (Å²) >= 11 is 0. The van der Waals surface area contributed by atoms with Gasteiger partial charge in [0.1, 0.15) is 23.1 Å². The molecule has 0 unspecified atom stereocenters. The first-order chi connectivity index (χ1) is 19.1. The zero-order valence-electron chi connectivity index (χ0n) is 24.0. The van der Waals surface area contributed by atoms with E-state index in [0.717, 1.165) is 42.2 Å². The molecule has 9 heteroatoms. The maximum absolute atomic E-state index is 15.5. The summed E-state index contributed by atoms with van der Waals surface area (Å²) < 4.78 is 45.4. The number of aliphatic hydroxyl groups is 1. The minimum Gasteiger partial charge on any atom is -0.384 e. The van der Waals surface area contributed by atoms with Gasteiger partial charge in [0.25, 0.3) is 0 Å². The van der Waals surface area contributed by atoms with Crippen molar-refractivity contribution in [3.05, 3.63) is 89.0 Å². The second kappa shape index (κ2) is 9.83. The normalized spacial score (nSPS) is 15.0. The first-order valence-corrected chi connectivity index (χ1v) is 13.5. The molecule has 0 bridgehead atoms. The van der Waals surface area contributed by atoms with E-state index in [2.05, 4.69) is 4.98 Å². The minimum atomic E-state index is -3.79. The summed E-state index contributed by atoms with van der Waals surface area (Å²) in [5.74, 6) is -3.77. The van der Waals surface area contributed by atoms with Gasteiger partial charge in [-0.1, -0.05) is 30.3 Å². The Bertz CT molecular complexity index is 1650. The highest BCUT2D eigenvalue weighted by molar-refractivity contribution is 6.10. The van der Waals surface area contributed by atoms with Crippen molar-refractivity contribution in [1.29, 1.82) is 0 Å². The molecule has 0 spiro atoms. The second-order valence-corrected chi connectivity index (χ2v) is 11.6. The predicted octanol–water partition coefficient (Wildman–Crippen LogP) is 6.57. The number of aromatic nitrogens is 2. The highest BCUT2D eigenvalue weighted by Gasteiger charge is 2.49. The van der Waals surface area contributed by atoms with E-state index in [0.29, 0.717) is 17.2 Å². The molecule has 1 aliphatic heterocycles. The molecular weight excluding hydrogens is 529 g/mol. The summed E-state index contributed by atoms with van der Waals surface area (Å²) in [4.78, 5) is 26.0. The molecule has 0 fully saturated rings. The zero-order chi connectivity index (χ0) is 29.9. The Morgan fingerprint density at radius 2 is 1.71 bits per heavy atom. The van der Waals surface area contributed by atoms with Crippen molar-refractivity contribution < 1.29 is 23.1 Å². The lowest BCUT2D eigenvalue weighted by molar-refractivity contribution is -0.170. The molecule has 6 nitrogen and oxygen atoms in total. The molecule has 0 saturated heterocycles. The van der Waals surface area contributed by atoms with Gasteiger partial charge in [-0.15, -0.1) is 0 Å². The molecule has 3 aromatic carbocycles. The van der Waals surface area contributed by atoms with Crippen LogP contribution in [0.25, 0.3) is 10.9 Å². The molecule has 0 atom stereocenters. The number of likely N-dealkylation sites (N-methyl/N-ethyl adjacent to an activating group) is 1. The van der Waals surface area contributed by atoms with Crippen LogP contribution in [0.2, 0.25) is 0 Å². The fourth-order valence-corrected chi connectivity index (χ4v) is 5.43. The number of rotatable bonds is 7. The Balaban J connectivity index is 1.62. The smallest absolute Gasteiger partial charge is 0.303 e. The first kappa shape index (κ1) is 28.5. The third-order valence-electron chi connectivity index (χ3n) is 7.89. The molecule has 4 aromatic rings. The number of hydrogen-bond donors (Lipinski definition) is 1. The second-order valence-electron chi connectivity index (χ2n) is 11.6. The largest absolute Gasteiger partial charge is 0.384 e. The Hall–Kier alpha value is -3.98. The number of para-hydroxylation sites is 1. The Labute approximate surface area is 237 Å². The Morgan fingerprint density at radius 1 is 1.02 bits per heavy atom. The van der Waals surface area contributed by atoms with Crippen molar-refractivity contribution in [2.75, 3.05) is 23.4 Å². The predicted molar refractivity (Wildman–Crippen MR) is 154 cm³/mol. The molecule has 1 aromatic heterocycles. The van der Waals surface area contributed by atoms with E-state index in [1.165, 1.54) is 12.1 Å². The molecule has 1 N–H and O–H groups in total. The van der Waals surface area contributed by atoms with Crippen LogP contribution in [0.3, 0.4) is 0 Å². The van der Waals surface area contributed by atoms with Crippen molar-refractivity contribution in [1.82, 2.24) is 9.97 Å². The number of alkyl halides is 2. The van der Waals surface area contributed by atoms with E-state index in [1.807, 2.05) is 61.2 Å². The van der Waals surface area contributed by atoms with Gasteiger partial charge in [0, 0.05) is 30.4 Å². The number of nitrogens with zero attached hydrogens (tertiary/aromatic N) is 4. The fraction of sp³-hybridized carbons (Fsp3) is 0.344. The molecule has 0 radical (unpaired) electrons. The molecule has 0 saturated carbocycles. The molecule has 41 heavy (non-hydrogen) atoms. The molecule has 2 heterocycles. The number of carbonyl (C=O) groups is 1. The third kappa shape index (κ3) is 4.72. The number of aryl methyl sites for hydroxylation is 1. The number of halogens is 3. The standard InChI is InChI=1S/C32H33F3N4O2/c1-19-36-25-18-26-24(30(2,3)29(40)38(26)6)17-22(25)28(37-19)39(21-12-8-7-9-13-21)16-15-20-11-10-14-23(27(20)33)32(34,35)31(4,5)41/h7-14,17-18,41H,15-16H2,1-6H3. The number of anilines is 3. The van der Waals surface area contributed by atoms with Crippen molar-refractivity contribution >= 4 is 34.0 Å². The SMILES string of the molecule is Cc1nc(N(CCc2cccc(C(F)(F)C(C)(C)O)c2F)c2ccccc2)c2cc3c(cc2n1)N(C)C(=O)C3(C)C. The monoisotopic (exact) mass is 562 g/mol. The van der Waals surface area contributed by atoms with Crippen molar-refractivity contribution in [2.45, 2.75) is 58.0 Å². The number of amides is 1. The van der Waals surface area contributed by atoms with Gasteiger partial charge in [-0.25, -0.2) is 14.4 Å². The van der Waals surface area contributed by atoms with E-state index in [-0.39, 0.29) is 24.4 Å². The van der Waals surface area contributed by atoms with Crippen LogP contribution in [0.4, 0.5) is 30.4 Å². The highest BCUT2D eigenvalue weighted by Crippen LogP contribution is 2.45. The minimum absolute atomic E-state index is 0.0211. The molecule has 0 aliphatic carbocycles. The van der Waals surface area contributed by atoms with Gasteiger partial charge in [0.15, 0.2) is 0 Å². The Kier molecular flexibility index (Phi) is 6.85. The van der Waals surface area contributed by atoms with Crippen molar-refractivity contribution in [3.63, 3.8) is 0 Å². The van der Waals surface area contributed by atoms with Crippen molar-refractivity contribution in [3.8, 4) is 0 Å². The summed E-state index contributed by atoms with van der Waals surface area (Å²) in [6.07, 6.45) is 0.0820. The molecular formula is C32H33F3N4O2. The van der Waals surface area contributed by atoms with Crippen LogP contribution in [-0.2, 0) is 22.6 Å². The lowest BCUT2D eigenvalue weighted by atomic mass is 9.85. The Morgan fingerprint density at radius 3 is 2.37 bits per heavy atom. The number of benzene rings is 3. The molecule has 5 rings (SSSR count). The van der Waals surface area contributed by atoms with Gasteiger partial charge in [-0.3, -0.25) is 4.79 Å². The maximum atomic E-state index is 15.5. The average Bonchev–Trinajstić information content (AvgIpc) is 3.07.